The molecule has 0 aliphatic carbocycles. The summed E-state index contributed by atoms with van der Waals surface area (Å²) >= 11 is 1.53. The molecule has 1 N–H and O–H groups in total. The van der Waals surface area contributed by atoms with Crippen molar-refractivity contribution in [2.75, 3.05) is 13.2 Å². The van der Waals surface area contributed by atoms with Crippen molar-refractivity contribution in [3.63, 3.8) is 0 Å². The van der Waals surface area contributed by atoms with Crippen molar-refractivity contribution in [1.29, 1.82) is 0 Å². The van der Waals surface area contributed by atoms with Crippen molar-refractivity contribution in [1.82, 2.24) is 15.1 Å². The molecule has 0 fully saturated rings. The fourth-order valence-electron chi connectivity index (χ4n) is 4.19. The van der Waals surface area contributed by atoms with E-state index in [1.165, 1.54) is 23.5 Å². The van der Waals surface area contributed by atoms with Crippen molar-refractivity contribution < 1.29 is 19.1 Å². The molecule has 0 amide bonds. The highest BCUT2D eigenvalue weighted by atomic mass is 32.1. The van der Waals surface area contributed by atoms with Crippen LogP contribution in [0.1, 0.15) is 25.3 Å². The molecule has 3 aromatic rings. The van der Waals surface area contributed by atoms with Crippen LogP contribution in [0.15, 0.2) is 102 Å². The molecule has 0 saturated heterocycles. The Morgan fingerprint density at radius 1 is 1.00 bits per heavy atom. The van der Waals surface area contributed by atoms with Gasteiger partial charge in [0.2, 0.25) is 0 Å². The molecule has 2 aromatic heterocycles. The highest BCUT2D eigenvalue weighted by Gasteiger charge is 2.40. The van der Waals surface area contributed by atoms with Gasteiger partial charge in [-0.2, -0.15) is 5.10 Å². The molecule has 0 bridgehead atoms. The van der Waals surface area contributed by atoms with Gasteiger partial charge >= 0.3 is 11.9 Å². The number of aromatic nitrogens is 2. The number of nitrogens with one attached hydrogen (secondary N) is 1. The summed E-state index contributed by atoms with van der Waals surface area (Å²) in [5, 5.41) is 10.0. The quantitative estimate of drug-likeness (QED) is 0.317. The second-order valence-electron chi connectivity index (χ2n) is 8.10. The number of nitrogens with zero attached hydrogens (tertiary/aromatic N) is 2. The summed E-state index contributed by atoms with van der Waals surface area (Å²) < 4.78 is 12.7. The van der Waals surface area contributed by atoms with E-state index in [4.69, 9.17) is 14.6 Å². The highest BCUT2D eigenvalue weighted by Crippen LogP contribution is 2.43. The van der Waals surface area contributed by atoms with Crippen LogP contribution in [0.3, 0.4) is 0 Å². The van der Waals surface area contributed by atoms with Crippen LogP contribution in [-0.4, -0.2) is 34.9 Å². The second kappa shape index (κ2) is 11.0. The predicted molar refractivity (Wildman–Crippen MR) is 140 cm³/mol. The third-order valence-corrected chi connectivity index (χ3v) is 6.57. The maximum absolute atomic E-state index is 13.3. The number of para-hydroxylation sites is 1. The number of allylic oxidation sites excluding steroid dienone is 2. The average Bonchev–Trinajstić information content (AvgIpc) is 3.56. The zero-order chi connectivity index (χ0) is 25.7. The standard InChI is InChI=1S/C28H27N3O4S/c1-5-14-34-27(32)23-18(3)29-19(4)24(28(33)35-15-6-2)25(23)21-17-31(20-11-8-7-9-12-20)30-26(21)22-13-10-16-36-22/h5-13,16-17,25,29H,1-2,14-15H2,3-4H3. The van der Waals surface area contributed by atoms with Gasteiger partial charge in [0.15, 0.2) is 0 Å². The zero-order valence-corrected chi connectivity index (χ0v) is 21.0. The summed E-state index contributed by atoms with van der Waals surface area (Å²) in [6.45, 7) is 10.9. The van der Waals surface area contributed by atoms with Crippen LogP contribution in [0.5, 0.6) is 0 Å². The van der Waals surface area contributed by atoms with E-state index in [0.29, 0.717) is 33.8 Å². The number of hydrogen-bond acceptors (Lipinski definition) is 7. The Balaban J connectivity index is 1.95. The molecule has 0 atom stereocenters. The summed E-state index contributed by atoms with van der Waals surface area (Å²) in [5.74, 6) is -1.86. The highest BCUT2D eigenvalue weighted by molar-refractivity contribution is 7.13. The molecule has 0 unspecified atom stereocenters. The van der Waals surface area contributed by atoms with Gasteiger partial charge in [-0.15, -0.1) is 11.3 Å². The van der Waals surface area contributed by atoms with Crippen LogP contribution < -0.4 is 5.32 Å². The van der Waals surface area contributed by atoms with Gasteiger partial charge in [-0.05, 0) is 37.4 Å². The number of hydrogen-bond donors (Lipinski definition) is 1. The Hall–Kier alpha value is -4.17. The number of rotatable bonds is 9. The molecule has 0 saturated carbocycles. The molecule has 1 aliphatic rings. The van der Waals surface area contributed by atoms with Gasteiger partial charge in [-0.1, -0.05) is 49.6 Å². The van der Waals surface area contributed by atoms with Crippen LogP contribution in [-0.2, 0) is 19.1 Å². The zero-order valence-electron chi connectivity index (χ0n) is 20.2. The van der Waals surface area contributed by atoms with Gasteiger partial charge in [-0.25, -0.2) is 14.3 Å². The monoisotopic (exact) mass is 501 g/mol. The molecular weight excluding hydrogens is 474 g/mol. The Morgan fingerprint density at radius 2 is 1.61 bits per heavy atom. The van der Waals surface area contributed by atoms with E-state index in [1.807, 2.05) is 54.0 Å². The van der Waals surface area contributed by atoms with Gasteiger partial charge in [0.25, 0.3) is 0 Å². The van der Waals surface area contributed by atoms with Gasteiger partial charge in [0.05, 0.1) is 27.6 Å². The molecular formula is C28H27N3O4S. The number of esters is 2. The maximum atomic E-state index is 13.3. The number of ether oxygens (including phenoxy) is 2. The minimum absolute atomic E-state index is 0.0440. The summed E-state index contributed by atoms with van der Waals surface area (Å²) in [4.78, 5) is 27.6. The lowest BCUT2D eigenvalue weighted by atomic mass is 9.80. The molecule has 36 heavy (non-hydrogen) atoms. The number of thiophene rings is 1. The van der Waals surface area contributed by atoms with Crippen LogP contribution in [0.2, 0.25) is 0 Å². The van der Waals surface area contributed by atoms with Crippen LogP contribution in [0.4, 0.5) is 0 Å². The Labute approximate surface area is 214 Å². The largest absolute Gasteiger partial charge is 0.458 e. The minimum Gasteiger partial charge on any atom is -0.458 e. The fourth-order valence-corrected chi connectivity index (χ4v) is 4.92. The summed E-state index contributed by atoms with van der Waals surface area (Å²) in [7, 11) is 0. The lowest BCUT2D eigenvalue weighted by molar-refractivity contribution is -0.138. The summed E-state index contributed by atoms with van der Waals surface area (Å²) in [6.07, 6.45) is 4.87. The molecule has 3 heterocycles. The number of benzene rings is 1. The molecule has 0 spiro atoms. The van der Waals surface area contributed by atoms with Crippen molar-refractivity contribution in [3.05, 3.63) is 107 Å². The van der Waals surface area contributed by atoms with Crippen molar-refractivity contribution >= 4 is 23.3 Å². The first-order chi connectivity index (χ1) is 17.5. The Bertz CT molecular complexity index is 1300. The van der Waals surface area contributed by atoms with Crippen LogP contribution >= 0.6 is 11.3 Å². The predicted octanol–water partition coefficient (Wildman–Crippen LogP) is 5.29. The first-order valence-corrected chi connectivity index (χ1v) is 12.3. The lowest BCUT2D eigenvalue weighted by Gasteiger charge is -2.30. The van der Waals surface area contributed by atoms with E-state index < -0.39 is 17.9 Å². The third-order valence-electron chi connectivity index (χ3n) is 5.69. The third kappa shape index (κ3) is 4.94. The molecule has 4 rings (SSSR count). The van der Waals surface area contributed by atoms with Gasteiger partial charge < -0.3 is 14.8 Å². The lowest BCUT2D eigenvalue weighted by Crippen LogP contribution is -2.32. The van der Waals surface area contributed by atoms with Crippen LogP contribution in [0.25, 0.3) is 16.3 Å². The topological polar surface area (TPSA) is 82.5 Å². The molecule has 7 nitrogen and oxygen atoms in total. The Morgan fingerprint density at radius 3 is 2.14 bits per heavy atom. The molecule has 184 valence electrons. The van der Waals surface area contributed by atoms with E-state index in [9.17, 15) is 9.59 Å². The van der Waals surface area contributed by atoms with E-state index in [2.05, 4.69) is 18.5 Å². The minimum atomic E-state index is -0.768. The van der Waals surface area contributed by atoms with Crippen molar-refractivity contribution in [2.45, 2.75) is 19.8 Å². The molecule has 0 radical (unpaired) electrons. The molecule has 1 aromatic carbocycles. The van der Waals surface area contributed by atoms with E-state index in [0.717, 1.165) is 10.6 Å². The smallest absolute Gasteiger partial charge is 0.337 e. The number of carbonyl (C=O) groups excluding carboxylic acids is 2. The fraction of sp³-hybridized carbons (Fsp3) is 0.179. The Kier molecular flexibility index (Phi) is 7.65. The van der Waals surface area contributed by atoms with E-state index in [-0.39, 0.29) is 13.2 Å². The van der Waals surface area contributed by atoms with Crippen LogP contribution in [0, 0.1) is 0 Å². The first kappa shape index (κ1) is 24.9. The SMILES string of the molecule is C=CCOC(=O)C1=C(C)NC(C)=C(C(=O)OCC=C)C1c1cn(-c2ccccc2)nc1-c1cccs1. The van der Waals surface area contributed by atoms with Gasteiger partial charge in [0.1, 0.15) is 18.9 Å². The summed E-state index contributed by atoms with van der Waals surface area (Å²) in [5.41, 5.74) is 4.04. The van der Waals surface area contributed by atoms with E-state index in [1.54, 1.807) is 18.5 Å². The summed E-state index contributed by atoms with van der Waals surface area (Å²) in [6, 6.07) is 13.6. The van der Waals surface area contributed by atoms with E-state index >= 15 is 0 Å². The number of carbonyl (C=O) groups is 2. The van der Waals surface area contributed by atoms with Crippen molar-refractivity contribution in [2.24, 2.45) is 0 Å². The average molecular weight is 502 g/mol. The molecule has 8 heteroatoms. The normalized spacial score (nSPS) is 13.8. The second-order valence-corrected chi connectivity index (χ2v) is 9.05. The molecule has 1 aliphatic heterocycles. The first-order valence-electron chi connectivity index (χ1n) is 11.4. The maximum Gasteiger partial charge on any atom is 0.337 e. The van der Waals surface area contributed by atoms with Gasteiger partial charge in [-0.3, -0.25) is 0 Å². The van der Waals surface area contributed by atoms with Gasteiger partial charge in [0, 0.05) is 23.2 Å². The van der Waals surface area contributed by atoms with Crippen molar-refractivity contribution in [3.8, 4) is 16.3 Å². The number of dihydropyridines is 1.